The molecule has 0 saturated carbocycles. The van der Waals surface area contributed by atoms with E-state index in [1.165, 1.54) is 89.3 Å². The summed E-state index contributed by atoms with van der Waals surface area (Å²) in [6.45, 7) is 11.1. The van der Waals surface area contributed by atoms with Crippen molar-refractivity contribution in [3.05, 3.63) is 12.2 Å². The Morgan fingerprint density at radius 1 is 0.967 bits per heavy atom. The fourth-order valence-corrected chi connectivity index (χ4v) is 4.73. The minimum Gasteiger partial charge on any atom is -0.307 e. The third-order valence-electron chi connectivity index (χ3n) is 6.69. The summed E-state index contributed by atoms with van der Waals surface area (Å²) < 4.78 is 0.841. The van der Waals surface area contributed by atoms with Crippen molar-refractivity contribution in [2.75, 3.05) is 19.6 Å². The second-order valence-corrected chi connectivity index (χ2v) is 9.08. The number of aliphatic imine (C=N–C) groups is 1. The molecule has 4 nitrogen and oxygen atoms in total. The van der Waals surface area contributed by atoms with E-state index in [0.29, 0.717) is 0 Å². The summed E-state index contributed by atoms with van der Waals surface area (Å²) in [6, 6.07) is 0. The number of quaternary nitrogens is 1. The lowest BCUT2D eigenvalue weighted by molar-refractivity contribution is -0.861. The van der Waals surface area contributed by atoms with Gasteiger partial charge >= 0.3 is 0 Å². The van der Waals surface area contributed by atoms with E-state index < -0.39 is 0 Å². The molecule has 1 aliphatic heterocycles. The molecule has 0 aromatic heterocycles. The summed E-state index contributed by atoms with van der Waals surface area (Å²) >= 11 is 0. The van der Waals surface area contributed by atoms with Crippen LogP contribution < -0.4 is 5.32 Å². The quantitative estimate of drug-likeness (QED) is 0.149. The van der Waals surface area contributed by atoms with Crippen LogP contribution in [0.25, 0.3) is 0 Å². The first-order chi connectivity index (χ1) is 14.6. The van der Waals surface area contributed by atoms with Crippen LogP contribution in [0.5, 0.6) is 0 Å². The monoisotopic (exact) mass is 420 g/mol. The van der Waals surface area contributed by atoms with Gasteiger partial charge in [-0.15, -0.1) is 0 Å². The number of carbonyl (C=O) groups is 1. The SMILES string of the molecule is CCCCCCCCCCC/C=C/CCCCC1=NCC[N+]1(CC)C(C)NC(C)=O. The third-order valence-corrected chi connectivity index (χ3v) is 6.69. The molecule has 0 aromatic rings. The Bertz CT molecular complexity index is 514. The first-order valence-electron chi connectivity index (χ1n) is 12.9. The maximum Gasteiger partial charge on any atom is 0.221 e. The Labute approximate surface area is 187 Å². The molecule has 0 fully saturated rings. The van der Waals surface area contributed by atoms with Gasteiger partial charge in [-0.05, 0) is 39.0 Å². The standard InChI is InChI=1S/C26H49N3O/c1-5-7-8-9-10-11-12-13-14-15-16-17-18-19-20-21-26-27-22-23-29(26,6-2)24(3)28-25(4)30/h16-17,24H,5-15,18-23H2,1-4H3/p+1/b17-16+. The van der Waals surface area contributed by atoms with Gasteiger partial charge in [-0.25, -0.2) is 4.99 Å². The number of amides is 1. The van der Waals surface area contributed by atoms with Crippen molar-refractivity contribution in [3.63, 3.8) is 0 Å². The Balaban J connectivity index is 2.09. The molecule has 174 valence electrons. The van der Waals surface area contributed by atoms with E-state index in [2.05, 4.69) is 38.2 Å². The summed E-state index contributed by atoms with van der Waals surface area (Å²) in [5, 5.41) is 3.10. The number of nitrogens with one attached hydrogen (secondary N) is 1. The van der Waals surface area contributed by atoms with Gasteiger partial charge in [0.1, 0.15) is 6.54 Å². The molecule has 1 heterocycles. The molecule has 1 amide bonds. The van der Waals surface area contributed by atoms with Crippen LogP contribution in [-0.2, 0) is 4.79 Å². The molecule has 0 saturated heterocycles. The Morgan fingerprint density at radius 2 is 1.53 bits per heavy atom. The van der Waals surface area contributed by atoms with Crippen molar-refractivity contribution in [3.8, 4) is 0 Å². The number of unbranched alkanes of at least 4 members (excludes halogenated alkanes) is 11. The van der Waals surface area contributed by atoms with E-state index in [4.69, 9.17) is 4.99 Å². The van der Waals surface area contributed by atoms with Gasteiger partial charge in [-0.3, -0.25) is 9.28 Å². The molecule has 0 aliphatic carbocycles. The van der Waals surface area contributed by atoms with Crippen LogP contribution in [0.15, 0.2) is 17.1 Å². The normalized spacial score (nSPS) is 19.9. The Hall–Kier alpha value is -1.16. The van der Waals surface area contributed by atoms with Gasteiger partial charge in [0, 0.05) is 20.3 Å². The predicted molar refractivity (Wildman–Crippen MR) is 131 cm³/mol. The summed E-state index contributed by atoms with van der Waals surface area (Å²) in [7, 11) is 0. The van der Waals surface area contributed by atoms with E-state index in [9.17, 15) is 4.79 Å². The minimum atomic E-state index is 0.0526. The molecule has 4 heteroatoms. The maximum absolute atomic E-state index is 11.5. The predicted octanol–water partition coefficient (Wildman–Crippen LogP) is 6.75. The summed E-state index contributed by atoms with van der Waals surface area (Å²) in [4.78, 5) is 16.3. The second-order valence-electron chi connectivity index (χ2n) is 9.08. The maximum atomic E-state index is 11.5. The van der Waals surface area contributed by atoms with Gasteiger partial charge in [0.25, 0.3) is 0 Å². The minimum absolute atomic E-state index is 0.0526. The summed E-state index contributed by atoms with van der Waals surface area (Å²) in [5.74, 6) is 1.34. The summed E-state index contributed by atoms with van der Waals surface area (Å²) in [6.07, 6.45) is 23.4. The molecule has 2 unspecified atom stereocenters. The van der Waals surface area contributed by atoms with Crippen LogP contribution in [-0.4, -0.2) is 42.0 Å². The number of nitrogens with zero attached hydrogens (tertiary/aromatic N) is 2. The van der Waals surface area contributed by atoms with Gasteiger partial charge in [-0.1, -0.05) is 70.4 Å². The number of rotatable bonds is 18. The first-order valence-corrected chi connectivity index (χ1v) is 12.9. The van der Waals surface area contributed by atoms with Crippen molar-refractivity contribution in [2.24, 2.45) is 4.99 Å². The van der Waals surface area contributed by atoms with Gasteiger partial charge in [-0.2, -0.15) is 0 Å². The first kappa shape index (κ1) is 26.9. The molecule has 1 N–H and O–H groups in total. The molecule has 2 atom stereocenters. The van der Waals surface area contributed by atoms with Crippen LogP contribution in [0.4, 0.5) is 0 Å². The number of carbonyl (C=O) groups excluding carboxylic acids is 1. The second kappa shape index (κ2) is 16.5. The third kappa shape index (κ3) is 10.2. The van der Waals surface area contributed by atoms with Crippen molar-refractivity contribution >= 4 is 11.7 Å². The smallest absolute Gasteiger partial charge is 0.221 e. The number of hydrogen-bond donors (Lipinski definition) is 1. The molecule has 30 heavy (non-hydrogen) atoms. The highest BCUT2D eigenvalue weighted by atomic mass is 16.1. The molecule has 0 radical (unpaired) electrons. The highest BCUT2D eigenvalue weighted by Gasteiger charge is 2.41. The highest BCUT2D eigenvalue weighted by molar-refractivity contribution is 5.78. The molecule has 0 bridgehead atoms. The lowest BCUT2D eigenvalue weighted by atomic mass is 10.1. The molecule has 0 spiro atoms. The van der Waals surface area contributed by atoms with Gasteiger partial charge in [0.05, 0.1) is 13.1 Å². The largest absolute Gasteiger partial charge is 0.307 e. The Kier molecular flexibility index (Phi) is 14.8. The fraction of sp³-hybridized carbons (Fsp3) is 0.846. The lowest BCUT2D eigenvalue weighted by Gasteiger charge is -2.39. The van der Waals surface area contributed by atoms with Crippen LogP contribution in [0.2, 0.25) is 0 Å². The summed E-state index contributed by atoms with van der Waals surface area (Å²) in [5.41, 5.74) is 0. The molecular weight excluding hydrogens is 370 g/mol. The van der Waals surface area contributed by atoms with Gasteiger partial charge in [0.15, 0.2) is 12.0 Å². The topological polar surface area (TPSA) is 41.5 Å². The number of likely N-dealkylation sites (N-methyl/N-ethyl adjacent to an activating group) is 1. The van der Waals surface area contributed by atoms with Gasteiger partial charge < -0.3 is 5.32 Å². The van der Waals surface area contributed by atoms with Crippen LogP contribution in [0.1, 0.15) is 118 Å². The van der Waals surface area contributed by atoms with Crippen molar-refractivity contribution in [2.45, 2.75) is 124 Å². The average Bonchev–Trinajstić information content (AvgIpc) is 3.14. The fourth-order valence-electron chi connectivity index (χ4n) is 4.73. The lowest BCUT2D eigenvalue weighted by Crippen LogP contribution is -2.62. The molecule has 1 rings (SSSR count). The van der Waals surface area contributed by atoms with Crippen LogP contribution in [0.3, 0.4) is 0 Å². The van der Waals surface area contributed by atoms with Crippen LogP contribution >= 0.6 is 0 Å². The van der Waals surface area contributed by atoms with Crippen molar-refractivity contribution < 1.29 is 9.28 Å². The Morgan fingerprint density at radius 3 is 2.10 bits per heavy atom. The molecule has 1 aliphatic rings. The van der Waals surface area contributed by atoms with E-state index in [1.807, 2.05) is 0 Å². The zero-order valence-electron chi connectivity index (χ0n) is 20.6. The van der Waals surface area contributed by atoms with E-state index >= 15 is 0 Å². The average molecular weight is 421 g/mol. The van der Waals surface area contributed by atoms with Crippen molar-refractivity contribution in [1.29, 1.82) is 0 Å². The number of allylic oxidation sites excluding steroid dienone is 2. The zero-order valence-corrected chi connectivity index (χ0v) is 20.6. The number of amidine groups is 1. The molecular formula is C26H50N3O+. The van der Waals surface area contributed by atoms with Crippen molar-refractivity contribution in [1.82, 2.24) is 5.32 Å². The molecule has 0 aromatic carbocycles. The van der Waals surface area contributed by atoms with E-state index in [1.54, 1.807) is 6.92 Å². The highest BCUT2D eigenvalue weighted by Crippen LogP contribution is 2.23. The van der Waals surface area contributed by atoms with E-state index in [-0.39, 0.29) is 12.1 Å². The number of hydrogen-bond acceptors (Lipinski definition) is 2. The van der Waals surface area contributed by atoms with Gasteiger partial charge in [0.2, 0.25) is 5.91 Å². The zero-order chi connectivity index (χ0) is 22.1. The van der Waals surface area contributed by atoms with E-state index in [0.717, 1.165) is 30.5 Å². The van der Waals surface area contributed by atoms with Crippen LogP contribution in [0, 0.1) is 0 Å².